The first kappa shape index (κ1) is 14.7. The molecule has 1 aromatic heterocycles. The maximum Gasteiger partial charge on any atom is 0.433 e. The Bertz CT molecular complexity index is 420. The molecule has 100 valence electrons. The molecule has 0 saturated carbocycles. The Hall–Kier alpha value is -1.41. The second-order valence-electron chi connectivity index (χ2n) is 3.37. The highest BCUT2D eigenvalue weighted by Crippen LogP contribution is 2.17. The van der Waals surface area contributed by atoms with Gasteiger partial charge in [-0.05, 0) is 6.07 Å². The van der Waals surface area contributed by atoms with E-state index in [-0.39, 0.29) is 11.7 Å². The third kappa shape index (κ3) is 3.81. The number of carbonyl (C=O) groups excluding carboxylic acids is 1. The molecule has 0 spiro atoms. The number of nitrogens with zero attached hydrogens (tertiary/aromatic N) is 2. The summed E-state index contributed by atoms with van der Waals surface area (Å²) in [6, 6.07) is 2.46. The van der Waals surface area contributed by atoms with Gasteiger partial charge in [-0.2, -0.15) is 0 Å². The normalized spacial score (nSPS) is 10.3. The second kappa shape index (κ2) is 7.12. The van der Waals surface area contributed by atoms with Crippen molar-refractivity contribution in [2.45, 2.75) is 0 Å². The van der Waals surface area contributed by atoms with Crippen molar-refractivity contribution in [1.82, 2.24) is 4.90 Å². The van der Waals surface area contributed by atoms with E-state index in [1.165, 1.54) is 18.1 Å². The van der Waals surface area contributed by atoms with Crippen LogP contribution < -0.4 is 0 Å². The van der Waals surface area contributed by atoms with Crippen molar-refractivity contribution >= 4 is 27.7 Å². The number of furan rings is 1. The monoisotopic (exact) mass is 320 g/mol. The van der Waals surface area contributed by atoms with Crippen LogP contribution in [-0.2, 0) is 4.74 Å². The van der Waals surface area contributed by atoms with Gasteiger partial charge in [0.2, 0.25) is 0 Å². The molecule has 7 nitrogen and oxygen atoms in total. The standard InChI is InChI=1S/C10H13BrN2O5/c1-17-7-6-12(5-4-11)10(14)8-2-3-9(18-8)13(15)16/h2-3H,4-7H2,1H3. The largest absolute Gasteiger partial charge is 0.433 e. The van der Waals surface area contributed by atoms with Crippen LogP contribution in [-0.4, -0.2) is 47.9 Å². The van der Waals surface area contributed by atoms with Crippen LogP contribution in [0.1, 0.15) is 10.6 Å². The highest BCUT2D eigenvalue weighted by Gasteiger charge is 2.21. The number of hydrogen-bond donors (Lipinski definition) is 0. The molecule has 0 radical (unpaired) electrons. The minimum Gasteiger partial charge on any atom is -0.395 e. The molecule has 0 bridgehead atoms. The van der Waals surface area contributed by atoms with Crippen LogP contribution in [0.5, 0.6) is 0 Å². The smallest absolute Gasteiger partial charge is 0.395 e. The predicted octanol–water partition coefficient (Wildman–Crippen LogP) is 1.67. The quantitative estimate of drug-likeness (QED) is 0.433. The predicted molar refractivity (Wildman–Crippen MR) is 66.9 cm³/mol. The lowest BCUT2D eigenvalue weighted by molar-refractivity contribution is -0.402. The third-order valence-corrected chi connectivity index (χ3v) is 2.54. The summed E-state index contributed by atoms with van der Waals surface area (Å²) >= 11 is 3.24. The van der Waals surface area contributed by atoms with Gasteiger partial charge in [0.1, 0.15) is 4.92 Å². The van der Waals surface area contributed by atoms with Gasteiger partial charge in [-0.15, -0.1) is 0 Å². The van der Waals surface area contributed by atoms with Gasteiger partial charge < -0.3 is 14.1 Å². The number of halogens is 1. The number of nitro groups is 1. The van der Waals surface area contributed by atoms with E-state index in [2.05, 4.69) is 15.9 Å². The van der Waals surface area contributed by atoms with Crippen LogP contribution in [0.3, 0.4) is 0 Å². The molecule has 1 rings (SSSR count). The van der Waals surface area contributed by atoms with E-state index in [9.17, 15) is 14.9 Å². The van der Waals surface area contributed by atoms with Crippen molar-refractivity contribution in [2.24, 2.45) is 0 Å². The highest BCUT2D eigenvalue weighted by molar-refractivity contribution is 9.09. The van der Waals surface area contributed by atoms with E-state index >= 15 is 0 Å². The van der Waals surface area contributed by atoms with Gasteiger partial charge in [0.15, 0.2) is 5.76 Å². The second-order valence-corrected chi connectivity index (χ2v) is 4.16. The van der Waals surface area contributed by atoms with E-state index in [0.717, 1.165) is 6.07 Å². The molecule has 0 atom stereocenters. The summed E-state index contributed by atoms with van der Waals surface area (Å²) in [5, 5.41) is 11.1. The van der Waals surface area contributed by atoms with Crippen LogP contribution in [0.15, 0.2) is 16.5 Å². The Morgan fingerprint density at radius 2 is 2.28 bits per heavy atom. The number of methoxy groups -OCH3 is 1. The number of alkyl halides is 1. The first-order chi connectivity index (χ1) is 8.60. The SMILES string of the molecule is COCCN(CCBr)C(=O)c1ccc([N+](=O)[O-])o1. The molecule has 1 aromatic rings. The molecule has 1 heterocycles. The summed E-state index contributed by atoms with van der Waals surface area (Å²) in [6.45, 7) is 1.26. The van der Waals surface area contributed by atoms with Gasteiger partial charge in [-0.1, -0.05) is 15.9 Å². The topological polar surface area (TPSA) is 85.8 Å². The molecule has 0 aliphatic carbocycles. The Morgan fingerprint density at radius 3 is 2.78 bits per heavy atom. The zero-order chi connectivity index (χ0) is 13.5. The Kier molecular flexibility index (Phi) is 5.79. The summed E-state index contributed by atoms with van der Waals surface area (Å²) in [5.74, 6) is -0.873. The molecule has 8 heteroatoms. The molecule has 18 heavy (non-hydrogen) atoms. The number of rotatable bonds is 7. The zero-order valence-corrected chi connectivity index (χ0v) is 11.4. The Morgan fingerprint density at radius 1 is 1.56 bits per heavy atom. The van der Waals surface area contributed by atoms with Crippen molar-refractivity contribution in [1.29, 1.82) is 0 Å². The first-order valence-electron chi connectivity index (χ1n) is 5.18. The van der Waals surface area contributed by atoms with Gasteiger partial charge in [-0.3, -0.25) is 14.9 Å². The molecule has 0 aromatic carbocycles. The molecule has 1 amide bonds. The van der Waals surface area contributed by atoms with Crippen molar-refractivity contribution in [2.75, 3.05) is 32.1 Å². The number of ether oxygens (including phenoxy) is 1. The summed E-state index contributed by atoms with van der Waals surface area (Å²) in [7, 11) is 1.54. The van der Waals surface area contributed by atoms with E-state index in [1.54, 1.807) is 0 Å². The summed E-state index contributed by atoms with van der Waals surface area (Å²) < 4.78 is 9.77. The average Bonchev–Trinajstić information content (AvgIpc) is 2.83. The fourth-order valence-electron chi connectivity index (χ4n) is 1.31. The van der Waals surface area contributed by atoms with Crippen LogP contribution in [0.4, 0.5) is 5.88 Å². The van der Waals surface area contributed by atoms with Crippen LogP contribution in [0, 0.1) is 10.1 Å². The summed E-state index contributed by atoms with van der Waals surface area (Å²) in [5.41, 5.74) is 0. The Balaban J connectivity index is 2.77. The van der Waals surface area contributed by atoms with Crippen LogP contribution in [0.25, 0.3) is 0 Å². The zero-order valence-electron chi connectivity index (χ0n) is 9.80. The molecular weight excluding hydrogens is 308 g/mol. The van der Waals surface area contributed by atoms with Gasteiger partial charge in [0, 0.05) is 25.5 Å². The minimum atomic E-state index is -0.680. The third-order valence-electron chi connectivity index (χ3n) is 2.19. The van der Waals surface area contributed by atoms with Crippen molar-refractivity contribution in [3.8, 4) is 0 Å². The fraction of sp³-hybridized carbons (Fsp3) is 0.500. The molecule has 0 N–H and O–H groups in total. The summed E-state index contributed by atoms with van der Waals surface area (Å²) in [6.07, 6.45) is 0. The minimum absolute atomic E-state index is 0.0428. The van der Waals surface area contributed by atoms with E-state index in [0.29, 0.717) is 25.0 Å². The first-order valence-corrected chi connectivity index (χ1v) is 6.30. The van der Waals surface area contributed by atoms with Crippen LogP contribution >= 0.6 is 15.9 Å². The lowest BCUT2D eigenvalue weighted by Gasteiger charge is -2.19. The average molecular weight is 321 g/mol. The van der Waals surface area contributed by atoms with Gasteiger partial charge in [-0.25, -0.2) is 0 Å². The number of carbonyl (C=O) groups is 1. The lowest BCUT2D eigenvalue weighted by Crippen LogP contribution is -2.35. The van der Waals surface area contributed by atoms with Crippen molar-refractivity contribution in [3.63, 3.8) is 0 Å². The highest BCUT2D eigenvalue weighted by atomic mass is 79.9. The fourth-order valence-corrected chi connectivity index (χ4v) is 1.74. The Labute approximate surface area is 112 Å². The summed E-state index contributed by atoms with van der Waals surface area (Å²) in [4.78, 5) is 23.3. The van der Waals surface area contributed by atoms with E-state index < -0.39 is 10.8 Å². The maximum absolute atomic E-state index is 12.0. The van der Waals surface area contributed by atoms with Gasteiger partial charge in [0.05, 0.1) is 12.7 Å². The maximum atomic E-state index is 12.0. The van der Waals surface area contributed by atoms with Gasteiger partial charge >= 0.3 is 5.88 Å². The molecule has 0 aliphatic rings. The molecule has 0 saturated heterocycles. The molecular formula is C10H13BrN2O5. The van der Waals surface area contributed by atoms with E-state index in [4.69, 9.17) is 9.15 Å². The van der Waals surface area contributed by atoms with E-state index in [1.807, 2.05) is 0 Å². The molecule has 0 unspecified atom stereocenters. The van der Waals surface area contributed by atoms with Crippen molar-refractivity contribution in [3.05, 3.63) is 28.0 Å². The van der Waals surface area contributed by atoms with Crippen molar-refractivity contribution < 1.29 is 18.9 Å². The lowest BCUT2D eigenvalue weighted by atomic mass is 10.3. The van der Waals surface area contributed by atoms with Gasteiger partial charge in [0.25, 0.3) is 5.91 Å². The number of hydrogen-bond acceptors (Lipinski definition) is 5. The molecule has 0 aliphatic heterocycles. The molecule has 0 fully saturated rings. The number of amides is 1. The van der Waals surface area contributed by atoms with Crippen LogP contribution in [0.2, 0.25) is 0 Å².